The number of hydrogen-bond donors (Lipinski definition) is 1. The molecular weight excluding hydrogens is 175 g/mol. The van der Waals surface area contributed by atoms with Crippen LogP contribution in [-0.4, -0.2) is 15.1 Å². The van der Waals surface area contributed by atoms with E-state index in [1.165, 1.54) is 6.20 Å². The zero-order valence-corrected chi connectivity index (χ0v) is 6.39. The number of aliphatic hydroxyl groups is 1. The van der Waals surface area contributed by atoms with Crippen LogP contribution in [0, 0.1) is 0 Å². The third kappa shape index (κ3) is 1.56. The third-order valence-electron chi connectivity index (χ3n) is 0.953. The van der Waals surface area contributed by atoms with Crippen LogP contribution in [0.1, 0.15) is 5.56 Å². The van der Waals surface area contributed by atoms with E-state index in [2.05, 4.69) is 9.97 Å². The monoisotopic (exact) mass is 178 g/mol. The van der Waals surface area contributed by atoms with Crippen molar-refractivity contribution in [1.82, 2.24) is 9.97 Å². The van der Waals surface area contributed by atoms with E-state index in [0.717, 1.165) is 0 Å². The second-order valence-electron chi connectivity index (χ2n) is 1.61. The highest BCUT2D eigenvalue weighted by atomic mass is 35.5. The van der Waals surface area contributed by atoms with Crippen LogP contribution in [0.5, 0.6) is 0 Å². The first-order valence-electron chi connectivity index (χ1n) is 2.52. The van der Waals surface area contributed by atoms with Gasteiger partial charge in [-0.25, -0.2) is 9.97 Å². The van der Waals surface area contributed by atoms with E-state index in [4.69, 9.17) is 28.3 Å². The van der Waals surface area contributed by atoms with Gasteiger partial charge >= 0.3 is 0 Å². The fourth-order valence-electron chi connectivity index (χ4n) is 0.472. The Labute approximate surface area is 67.6 Å². The van der Waals surface area contributed by atoms with E-state index in [1.807, 2.05) is 0 Å². The Morgan fingerprint density at radius 3 is 2.70 bits per heavy atom. The van der Waals surface area contributed by atoms with Crippen LogP contribution in [0.15, 0.2) is 6.20 Å². The number of halogens is 2. The second-order valence-corrected chi connectivity index (χ2v) is 2.31. The molecule has 1 N–H and O–H groups in total. The van der Waals surface area contributed by atoms with Crippen LogP contribution >= 0.6 is 23.2 Å². The third-order valence-corrected chi connectivity index (χ3v) is 1.46. The van der Waals surface area contributed by atoms with Crippen LogP contribution in [0.2, 0.25) is 10.4 Å². The van der Waals surface area contributed by atoms with E-state index >= 15 is 0 Å². The van der Waals surface area contributed by atoms with Gasteiger partial charge in [0.05, 0.1) is 6.61 Å². The Hall–Kier alpha value is -0.380. The molecule has 0 aliphatic rings. The molecule has 5 heteroatoms. The smallest absolute Gasteiger partial charge is 0.223 e. The largest absolute Gasteiger partial charge is 0.392 e. The highest BCUT2D eigenvalue weighted by Crippen LogP contribution is 2.13. The lowest BCUT2D eigenvalue weighted by Gasteiger charge is -1.96. The number of aromatic nitrogens is 2. The quantitative estimate of drug-likeness (QED) is 0.521. The van der Waals surface area contributed by atoms with E-state index in [0.29, 0.717) is 5.56 Å². The van der Waals surface area contributed by atoms with E-state index < -0.39 is 0 Å². The summed E-state index contributed by atoms with van der Waals surface area (Å²) in [4.78, 5) is 7.22. The normalized spacial score (nSPS) is 9.90. The van der Waals surface area contributed by atoms with Gasteiger partial charge in [-0.05, 0) is 11.6 Å². The first-order valence-corrected chi connectivity index (χ1v) is 3.27. The fraction of sp³-hybridized carbons (Fsp3) is 0.200. The summed E-state index contributed by atoms with van der Waals surface area (Å²) in [6.45, 7) is -0.171. The summed E-state index contributed by atoms with van der Waals surface area (Å²) in [6.07, 6.45) is 1.39. The maximum Gasteiger partial charge on any atom is 0.223 e. The van der Waals surface area contributed by atoms with E-state index in [1.54, 1.807) is 0 Å². The predicted molar refractivity (Wildman–Crippen MR) is 38.0 cm³/mol. The minimum Gasteiger partial charge on any atom is -0.392 e. The Morgan fingerprint density at radius 1 is 1.50 bits per heavy atom. The second kappa shape index (κ2) is 3.14. The predicted octanol–water partition coefficient (Wildman–Crippen LogP) is 1.28. The van der Waals surface area contributed by atoms with Gasteiger partial charge in [0.15, 0.2) is 0 Å². The molecule has 54 valence electrons. The molecule has 0 fully saturated rings. The zero-order chi connectivity index (χ0) is 7.56. The molecule has 0 spiro atoms. The van der Waals surface area contributed by atoms with Crippen molar-refractivity contribution in [2.45, 2.75) is 6.61 Å². The van der Waals surface area contributed by atoms with Crippen molar-refractivity contribution >= 4 is 23.2 Å². The first-order chi connectivity index (χ1) is 4.74. The molecule has 0 aliphatic carbocycles. The Kier molecular flexibility index (Phi) is 2.43. The van der Waals surface area contributed by atoms with Gasteiger partial charge in [-0.1, -0.05) is 11.6 Å². The molecule has 0 aromatic carbocycles. The molecule has 0 unspecified atom stereocenters. The highest BCUT2D eigenvalue weighted by molar-refractivity contribution is 6.32. The van der Waals surface area contributed by atoms with Crippen LogP contribution in [0.25, 0.3) is 0 Å². The van der Waals surface area contributed by atoms with Crippen molar-refractivity contribution < 1.29 is 5.11 Å². The molecule has 3 nitrogen and oxygen atoms in total. The molecule has 1 aromatic rings. The SMILES string of the molecule is OCc1cnc(Cl)nc1Cl. The molecule has 0 saturated carbocycles. The maximum atomic E-state index is 8.60. The van der Waals surface area contributed by atoms with Gasteiger partial charge in [0.25, 0.3) is 0 Å². The van der Waals surface area contributed by atoms with Crippen molar-refractivity contribution in [2.24, 2.45) is 0 Å². The van der Waals surface area contributed by atoms with Crippen LogP contribution in [0.3, 0.4) is 0 Å². The van der Waals surface area contributed by atoms with E-state index in [9.17, 15) is 0 Å². The topological polar surface area (TPSA) is 46.0 Å². The van der Waals surface area contributed by atoms with Gasteiger partial charge in [-0.3, -0.25) is 0 Å². The molecule has 0 amide bonds. The van der Waals surface area contributed by atoms with Crippen molar-refractivity contribution in [1.29, 1.82) is 0 Å². The summed E-state index contributed by atoms with van der Waals surface area (Å²) in [5.74, 6) is 0. The van der Waals surface area contributed by atoms with Crippen molar-refractivity contribution in [2.75, 3.05) is 0 Å². The van der Waals surface area contributed by atoms with Gasteiger partial charge in [0, 0.05) is 11.8 Å². The van der Waals surface area contributed by atoms with Crippen molar-refractivity contribution in [3.05, 3.63) is 22.2 Å². The van der Waals surface area contributed by atoms with Gasteiger partial charge < -0.3 is 5.11 Å². The van der Waals surface area contributed by atoms with Crippen LogP contribution < -0.4 is 0 Å². The lowest BCUT2D eigenvalue weighted by Crippen LogP contribution is -1.90. The number of hydrogen-bond acceptors (Lipinski definition) is 3. The molecule has 10 heavy (non-hydrogen) atoms. The van der Waals surface area contributed by atoms with Gasteiger partial charge in [-0.2, -0.15) is 0 Å². The lowest BCUT2D eigenvalue weighted by atomic mass is 10.4. The Balaban J connectivity index is 3.07. The summed E-state index contributed by atoms with van der Waals surface area (Å²) in [6, 6.07) is 0. The molecule has 1 aromatic heterocycles. The molecule has 0 bridgehead atoms. The summed E-state index contributed by atoms with van der Waals surface area (Å²) >= 11 is 10.9. The van der Waals surface area contributed by atoms with Gasteiger partial charge in [0.2, 0.25) is 5.28 Å². The minimum absolute atomic E-state index is 0.0854. The standard InChI is InChI=1S/C5H4Cl2N2O/c6-4-3(2-10)1-8-5(7)9-4/h1,10H,2H2. The van der Waals surface area contributed by atoms with Crippen molar-refractivity contribution in [3.8, 4) is 0 Å². The zero-order valence-electron chi connectivity index (χ0n) is 4.88. The fourth-order valence-corrected chi connectivity index (χ4v) is 0.837. The number of aliphatic hydroxyl groups excluding tert-OH is 1. The lowest BCUT2D eigenvalue weighted by molar-refractivity contribution is 0.281. The van der Waals surface area contributed by atoms with Gasteiger partial charge in [0.1, 0.15) is 5.15 Å². The molecular formula is C5H4Cl2N2O. The van der Waals surface area contributed by atoms with Gasteiger partial charge in [-0.15, -0.1) is 0 Å². The highest BCUT2D eigenvalue weighted by Gasteiger charge is 2.00. The molecule has 1 heterocycles. The molecule has 0 saturated heterocycles. The Morgan fingerprint density at radius 2 is 2.20 bits per heavy atom. The average molecular weight is 179 g/mol. The average Bonchev–Trinajstić information content (AvgIpc) is 1.88. The molecule has 0 aliphatic heterocycles. The molecule has 0 radical (unpaired) electrons. The van der Waals surface area contributed by atoms with Crippen LogP contribution in [-0.2, 0) is 6.61 Å². The minimum atomic E-state index is -0.171. The summed E-state index contributed by atoms with van der Waals surface area (Å²) < 4.78 is 0. The van der Waals surface area contributed by atoms with E-state index in [-0.39, 0.29) is 17.0 Å². The molecule has 1 rings (SSSR count). The first kappa shape index (κ1) is 7.72. The summed E-state index contributed by atoms with van der Waals surface area (Å²) in [7, 11) is 0. The Bertz CT molecular complexity index is 241. The van der Waals surface area contributed by atoms with Crippen LogP contribution in [0.4, 0.5) is 0 Å². The molecule has 0 atom stereocenters. The maximum absolute atomic E-state index is 8.60. The number of rotatable bonds is 1. The number of nitrogens with zero attached hydrogens (tertiary/aromatic N) is 2. The summed E-state index contributed by atoms with van der Waals surface area (Å²) in [5.41, 5.74) is 0.478. The summed E-state index contributed by atoms with van der Waals surface area (Å²) in [5, 5.41) is 8.88. The van der Waals surface area contributed by atoms with Crippen molar-refractivity contribution in [3.63, 3.8) is 0 Å².